The zero-order valence-corrected chi connectivity index (χ0v) is 12.1. The van der Waals surface area contributed by atoms with Gasteiger partial charge in [-0.1, -0.05) is 19.1 Å². The van der Waals surface area contributed by atoms with Crippen molar-refractivity contribution < 1.29 is 9.47 Å². The number of hydrogen-bond donors (Lipinski definition) is 2. The van der Waals surface area contributed by atoms with Gasteiger partial charge in [-0.3, -0.25) is 5.41 Å². The number of benzene rings is 1. The van der Waals surface area contributed by atoms with Crippen LogP contribution in [0.2, 0.25) is 0 Å². The van der Waals surface area contributed by atoms with Gasteiger partial charge < -0.3 is 15.2 Å². The Bertz CT molecular complexity index is 643. The normalized spacial score (nSPS) is 10.2. The Balaban J connectivity index is 2.27. The molecule has 110 valence electrons. The van der Waals surface area contributed by atoms with Gasteiger partial charge in [0.25, 0.3) is 0 Å². The van der Waals surface area contributed by atoms with Gasteiger partial charge in [-0.05, 0) is 31.5 Å². The average Bonchev–Trinajstić information content (AvgIpc) is 2.45. The number of rotatable bonds is 6. The van der Waals surface area contributed by atoms with Gasteiger partial charge in [0.15, 0.2) is 11.5 Å². The highest BCUT2D eigenvalue weighted by molar-refractivity contribution is 5.93. The molecule has 1 aromatic carbocycles. The molecule has 0 bridgehead atoms. The third-order valence-corrected chi connectivity index (χ3v) is 2.62. The molecule has 21 heavy (non-hydrogen) atoms. The van der Waals surface area contributed by atoms with Crippen LogP contribution in [0.5, 0.6) is 17.5 Å². The fraction of sp³-hybridized carbons (Fsp3) is 0.267. The summed E-state index contributed by atoms with van der Waals surface area (Å²) in [5.74, 6) is 1.04. The maximum Gasteiger partial charge on any atom is 0.322 e. The summed E-state index contributed by atoms with van der Waals surface area (Å²) >= 11 is 0. The molecule has 2 rings (SSSR count). The van der Waals surface area contributed by atoms with E-state index in [2.05, 4.69) is 9.97 Å². The molecule has 0 fully saturated rings. The maximum absolute atomic E-state index is 7.45. The molecule has 1 heterocycles. The van der Waals surface area contributed by atoms with Gasteiger partial charge in [-0.25, -0.2) is 4.98 Å². The molecule has 2 aromatic rings. The Kier molecular flexibility index (Phi) is 4.71. The van der Waals surface area contributed by atoms with Crippen LogP contribution in [0, 0.1) is 12.3 Å². The van der Waals surface area contributed by atoms with Crippen LogP contribution in [-0.2, 0) is 0 Å². The number of nitrogens with zero attached hydrogens (tertiary/aromatic N) is 2. The van der Waals surface area contributed by atoms with E-state index in [4.69, 9.17) is 20.6 Å². The van der Waals surface area contributed by atoms with Gasteiger partial charge in [0.2, 0.25) is 0 Å². The highest BCUT2D eigenvalue weighted by Gasteiger charge is 2.10. The smallest absolute Gasteiger partial charge is 0.322 e. The quantitative estimate of drug-likeness (QED) is 0.629. The number of nitrogen functional groups attached to an aromatic ring is 1. The van der Waals surface area contributed by atoms with Crippen LogP contribution in [0.15, 0.2) is 30.3 Å². The van der Waals surface area contributed by atoms with Crippen molar-refractivity contribution in [3.05, 3.63) is 41.7 Å². The van der Waals surface area contributed by atoms with Gasteiger partial charge in [-0.15, -0.1) is 0 Å². The molecular weight excluding hydrogens is 268 g/mol. The number of hydrogen-bond acceptors (Lipinski definition) is 5. The third-order valence-electron chi connectivity index (χ3n) is 2.62. The predicted molar refractivity (Wildman–Crippen MR) is 80.1 cm³/mol. The summed E-state index contributed by atoms with van der Waals surface area (Å²) in [5.41, 5.74) is 6.47. The lowest BCUT2D eigenvalue weighted by Gasteiger charge is -2.11. The molecule has 0 atom stereocenters. The van der Waals surface area contributed by atoms with Crippen LogP contribution in [-0.4, -0.2) is 22.4 Å². The summed E-state index contributed by atoms with van der Waals surface area (Å²) in [5, 5.41) is 7.45. The topological polar surface area (TPSA) is 94.1 Å². The van der Waals surface area contributed by atoms with Crippen molar-refractivity contribution >= 4 is 5.84 Å². The molecule has 0 saturated heterocycles. The second kappa shape index (κ2) is 6.69. The number of para-hydroxylation sites is 2. The fourth-order valence-electron chi connectivity index (χ4n) is 1.69. The lowest BCUT2D eigenvalue weighted by Crippen LogP contribution is -2.14. The SMILES string of the molecule is CCCOc1ccccc1Oc1nc(C)cc(C(=N)N)n1. The van der Waals surface area contributed by atoms with Crippen LogP contribution in [0.1, 0.15) is 24.7 Å². The van der Waals surface area contributed by atoms with Crippen LogP contribution in [0.3, 0.4) is 0 Å². The molecule has 0 aliphatic rings. The second-order valence-electron chi connectivity index (χ2n) is 4.49. The van der Waals surface area contributed by atoms with E-state index in [9.17, 15) is 0 Å². The van der Waals surface area contributed by atoms with E-state index in [-0.39, 0.29) is 11.8 Å². The maximum atomic E-state index is 7.45. The zero-order chi connectivity index (χ0) is 15.2. The highest BCUT2D eigenvalue weighted by atomic mass is 16.5. The first-order chi connectivity index (χ1) is 10.1. The minimum absolute atomic E-state index is 0.124. The molecule has 3 N–H and O–H groups in total. The highest BCUT2D eigenvalue weighted by Crippen LogP contribution is 2.29. The minimum atomic E-state index is -0.124. The largest absolute Gasteiger partial charge is 0.490 e. The molecule has 0 unspecified atom stereocenters. The van der Waals surface area contributed by atoms with Crippen molar-refractivity contribution in [3.63, 3.8) is 0 Å². The fourth-order valence-corrected chi connectivity index (χ4v) is 1.69. The van der Waals surface area contributed by atoms with Gasteiger partial charge in [-0.2, -0.15) is 4.98 Å². The molecular formula is C15H18N4O2. The van der Waals surface area contributed by atoms with Gasteiger partial charge in [0.1, 0.15) is 11.5 Å². The molecule has 6 nitrogen and oxygen atoms in total. The van der Waals surface area contributed by atoms with Crippen LogP contribution in [0.4, 0.5) is 0 Å². The first-order valence-electron chi connectivity index (χ1n) is 6.70. The lowest BCUT2D eigenvalue weighted by atomic mass is 10.3. The molecule has 0 saturated carbocycles. The number of ether oxygens (including phenoxy) is 2. The Hall–Kier alpha value is -2.63. The molecule has 0 aliphatic carbocycles. The van der Waals surface area contributed by atoms with Gasteiger partial charge >= 0.3 is 6.01 Å². The van der Waals surface area contributed by atoms with E-state index in [0.717, 1.165) is 6.42 Å². The van der Waals surface area contributed by atoms with Crippen LogP contribution >= 0.6 is 0 Å². The summed E-state index contributed by atoms with van der Waals surface area (Å²) in [4.78, 5) is 8.30. The number of aromatic nitrogens is 2. The number of nitrogens with two attached hydrogens (primary N) is 1. The summed E-state index contributed by atoms with van der Waals surface area (Å²) in [6, 6.07) is 9.10. The van der Waals surface area contributed by atoms with Crippen LogP contribution < -0.4 is 15.2 Å². The zero-order valence-electron chi connectivity index (χ0n) is 12.1. The van der Waals surface area contributed by atoms with Crippen molar-refractivity contribution in [2.24, 2.45) is 5.73 Å². The van der Waals surface area contributed by atoms with Crippen molar-refractivity contribution in [2.75, 3.05) is 6.61 Å². The van der Waals surface area contributed by atoms with Crippen molar-refractivity contribution in [1.29, 1.82) is 5.41 Å². The number of nitrogens with one attached hydrogen (secondary N) is 1. The van der Waals surface area contributed by atoms with Gasteiger partial charge in [0.05, 0.1) is 6.61 Å². The Morgan fingerprint density at radius 2 is 1.95 bits per heavy atom. The number of amidine groups is 1. The third kappa shape index (κ3) is 3.92. The summed E-state index contributed by atoms with van der Waals surface area (Å²) in [6.07, 6.45) is 0.907. The molecule has 0 aliphatic heterocycles. The van der Waals surface area contributed by atoms with E-state index in [1.165, 1.54) is 0 Å². The lowest BCUT2D eigenvalue weighted by molar-refractivity contribution is 0.299. The first-order valence-corrected chi connectivity index (χ1v) is 6.70. The second-order valence-corrected chi connectivity index (χ2v) is 4.49. The number of aryl methyl sites for hydroxylation is 1. The molecule has 0 radical (unpaired) electrons. The Morgan fingerprint density at radius 3 is 2.62 bits per heavy atom. The summed E-state index contributed by atoms with van der Waals surface area (Å²) in [6.45, 7) is 4.43. The standard InChI is InChI=1S/C15H18N4O2/c1-3-8-20-12-6-4-5-7-13(12)21-15-18-10(2)9-11(19-15)14(16)17/h4-7,9H,3,8H2,1-2H3,(H3,16,17). The Morgan fingerprint density at radius 1 is 1.24 bits per heavy atom. The Labute approximate surface area is 123 Å². The summed E-state index contributed by atoms with van der Waals surface area (Å²) < 4.78 is 11.3. The van der Waals surface area contributed by atoms with Crippen molar-refractivity contribution in [3.8, 4) is 17.5 Å². The summed E-state index contributed by atoms with van der Waals surface area (Å²) in [7, 11) is 0. The first kappa shape index (κ1) is 14.8. The molecule has 0 spiro atoms. The predicted octanol–water partition coefficient (Wildman–Crippen LogP) is 2.65. The monoisotopic (exact) mass is 286 g/mol. The van der Waals surface area contributed by atoms with E-state index in [0.29, 0.717) is 29.5 Å². The van der Waals surface area contributed by atoms with Crippen molar-refractivity contribution in [1.82, 2.24) is 9.97 Å². The van der Waals surface area contributed by atoms with E-state index < -0.39 is 0 Å². The van der Waals surface area contributed by atoms with E-state index >= 15 is 0 Å². The van der Waals surface area contributed by atoms with Crippen LogP contribution in [0.25, 0.3) is 0 Å². The van der Waals surface area contributed by atoms with Crippen molar-refractivity contribution in [2.45, 2.75) is 20.3 Å². The van der Waals surface area contributed by atoms with Gasteiger partial charge in [0, 0.05) is 5.69 Å². The molecule has 1 aromatic heterocycles. The molecule has 6 heteroatoms. The minimum Gasteiger partial charge on any atom is -0.490 e. The molecule has 0 amide bonds. The van der Waals surface area contributed by atoms with E-state index in [1.807, 2.05) is 25.1 Å². The average molecular weight is 286 g/mol. The van der Waals surface area contributed by atoms with E-state index in [1.54, 1.807) is 19.1 Å².